The van der Waals surface area contributed by atoms with E-state index in [1.54, 1.807) is 12.1 Å². The molecule has 1 saturated heterocycles. The van der Waals surface area contributed by atoms with E-state index in [1.807, 2.05) is 50.2 Å². The summed E-state index contributed by atoms with van der Waals surface area (Å²) in [7, 11) is 0. The number of anilines is 1. The van der Waals surface area contributed by atoms with Gasteiger partial charge in [0.05, 0.1) is 18.7 Å². The molecule has 8 heteroatoms. The molecule has 1 unspecified atom stereocenters. The average Bonchev–Trinajstić information content (AvgIpc) is 3.29. The molecule has 1 fully saturated rings. The topological polar surface area (TPSA) is 64.6 Å². The van der Waals surface area contributed by atoms with Gasteiger partial charge in [0.15, 0.2) is 4.90 Å². The molecule has 0 spiro atoms. The van der Waals surface area contributed by atoms with Gasteiger partial charge in [0, 0.05) is 17.8 Å². The van der Waals surface area contributed by atoms with E-state index in [9.17, 15) is 18.1 Å². The third-order valence-electron chi connectivity index (χ3n) is 5.77. The van der Waals surface area contributed by atoms with Crippen molar-refractivity contribution in [3.05, 3.63) is 59.7 Å². The Hall–Kier alpha value is -2.16. The molecule has 1 N–H and O–H groups in total. The number of halogens is 2. The number of nitrogens with one attached hydrogen (secondary N) is 1. The van der Waals surface area contributed by atoms with Crippen LogP contribution in [0.1, 0.15) is 55.1 Å². The first-order valence-corrected chi connectivity index (χ1v) is 12.3. The number of hydrogen-bond acceptors (Lipinski definition) is 4. The molecule has 32 heavy (non-hydrogen) atoms. The Morgan fingerprint density at radius 3 is 2.47 bits per heavy atom. The van der Waals surface area contributed by atoms with Gasteiger partial charge in [-0.3, -0.25) is 4.79 Å². The van der Waals surface area contributed by atoms with Crippen LogP contribution in [0.4, 0.5) is 14.5 Å². The minimum absolute atomic E-state index is 0.0112. The molecular weight excluding hydrogens is 434 g/mol. The number of hydrogen-bond donors (Lipinski definition) is 1. The molecule has 1 aliphatic heterocycles. The number of nitrogens with zero attached hydrogens (tertiary/aromatic N) is 1. The number of alkyl halides is 2. The smallest absolute Gasteiger partial charge is 0.345 e. The van der Waals surface area contributed by atoms with Gasteiger partial charge >= 0.3 is 6.61 Å². The van der Waals surface area contributed by atoms with Crippen LogP contribution in [0.3, 0.4) is 0 Å². The Kier molecular flexibility index (Phi) is 8.90. The van der Waals surface area contributed by atoms with Gasteiger partial charge in [0.1, 0.15) is 5.75 Å². The van der Waals surface area contributed by atoms with E-state index in [2.05, 4.69) is 15.0 Å². The van der Waals surface area contributed by atoms with E-state index in [4.69, 9.17) is 0 Å². The number of ether oxygens (including phenoxy) is 1. The maximum atomic E-state index is 12.8. The minimum atomic E-state index is -2.76. The van der Waals surface area contributed by atoms with Crippen LogP contribution in [0.25, 0.3) is 0 Å². The number of benzene rings is 2. The largest absolute Gasteiger partial charge is 0.611 e. The van der Waals surface area contributed by atoms with Crippen molar-refractivity contribution in [2.45, 2.75) is 56.7 Å². The highest BCUT2D eigenvalue weighted by atomic mass is 32.2. The molecular formula is C24H30F2N2O3S. The highest BCUT2D eigenvalue weighted by molar-refractivity contribution is 7.91. The summed E-state index contributed by atoms with van der Waals surface area (Å²) in [5.74, 6) is 0.393. The Labute approximate surface area is 191 Å². The average molecular weight is 465 g/mol. The van der Waals surface area contributed by atoms with Gasteiger partial charge in [-0.05, 0) is 79.3 Å². The van der Waals surface area contributed by atoms with Crippen molar-refractivity contribution in [1.29, 1.82) is 0 Å². The molecule has 3 atom stereocenters. The Bertz CT molecular complexity index is 865. The third-order valence-corrected chi connectivity index (χ3v) is 7.10. The quantitative estimate of drug-likeness (QED) is 0.508. The number of rotatable bonds is 10. The fourth-order valence-corrected chi connectivity index (χ4v) is 4.79. The molecule has 2 aromatic carbocycles. The van der Waals surface area contributed by atoms with E-state index < -0.39 is 17.8 Å². The van der Waals surface area contributed by atoms with E-state index >= 15 is 0 Å². The predicted octanol–water partition coefficient (Wildman–Crippen LogP) is 4.90. The van der Waals surface area contributed by atoms with Crippen molar-refractivity contribution in [2.75, 3.05) is 23.8 Å². The monoisotopic (exact) mass is 464 g/mol. The molecule has 0 radical (unpaired) electrons. The molecule has 0 saturated carbocycles. The van der Waals surface area contributed by atoms with Crippen LogP contribution in [0.2, 0.25) is 0 Å². The van der Waals surface area contributed by atoms with E-state index in [0.717, 1.165) is 42.0 Å². The van der Waals surface area contributed by atoms with Gasteiger partial charge in [-0.15, -0.1) is 0 Å². The lowest BCUT2D eigenvalue weighted by Crippen LogP contribution is -2.33. The predicted molar refractivity (Wildman–Crippen MR) is 123 cm³/mol. The standard InChI is InChI=1S/C24H30F2N2O3S/c1-3-22(17-9-13-21(14-10-17)32(30)4-2)27-23(29)18-7-11-19(12-8-18)28-15-5-6-20(28)16-31-24(25)26/h7-14,20,22,24H,3-6,15-16H2,1-2H3,(H,27,29)/t20-,22-,32?/m0/s1. The molecule has 0 bridgehead atoms. The summed E-state index contributed by atoms with van der Waals surface area (Å²) in [5, 5.41) is 3.06. The van der Waals surface area contributed by atoms with Gasteiger partial charge in [0.2, 0.25) is 0 Å². The van der Waals surface area contributed by atoms with Crippen LogP contribution in [-0.2, 0) is 15.9 Å². The first-order valence-electron chi connectivity index (χ1n) is 11.0. The zero-order chi connectivity index (χ0) is 23.1. The molecule has 2 aromatic rings. The Morgan fingerprint density at radius 2 is 1.88 bits per heavy atom. The van der Waals surface area contributed by atoms with Crippen LogP contribution < -0.4 is 10.2 Å². The van der Waals surface area contributed by atoms with Gasteiger partial charge in [0.25, 0.3) is 5.91 Å². The van der Waals surface area contributed by atoms with Crippen molar-refractivity contribution in [3.63, 3.8) is 0 Å². The van der Waals surface area contributed by atoms with Crippen LogP contribution in [-0.4, -0.2) is 42.0 Å². The summed E-state index contributed by atoms with van der Waals surface area (Å²) in [6.07, 6.45) is 2.44. The Morgan fingerprint density at radius 1 is 1.19 bits per heavy atom. The van der Waals surface area contributed by atoms with E-state index in [-0.39, 0.29) is 24.6 Å². The van der Waals surface area contributed by atoms with Crippen LogP contribution in [0.15, 0.2) is 53.4 Å². The molecule has 1 amide bonds. The molecule has 3 rings (SSSR count). The highest BCUT2D eigenvalue weighted by Crippen LogP contribution is 2.27. The van der Waals surface area contributed by atoms with Gasteiger partial charge in [-0.1, -0.05) is 19.1 Å². The lowest BCUT2D eigenvalue weighted by molar-refractivity contribution is -0.131. The van der Waals surface area contributed by atoms with E-state index in [0.29, 0.717) is 11.3 Å². The number of amides is 1. The minimum Gasteiger partial charge on any atom is -0.611 e. The summed E-state index contributed by atoms with van der Waals surface area (Å²) < 4.78 is 41.2. The summed E-state index contributed by atoms with van der Waals surface area (Å²) in [4.78, 5) is 15.6. The maximum absolute atomic E-state index is 12.8. The van der Waals surface area contributed by atoms with Crippen LogP contribution in [0.5, 0.6) is 0 Å². The van der Waals surface area contributed by atoms with Crippen molar-refractivity contribution in [2.24, 2.45) is 0 Å². The zero-order valence-corrected chi connectivity index (χ0v) is 19.2. The zero-order valence-electron chi connectivity index (χ0n) is 18.4. The highest BCUT2D eigenvalue weighted by Gasteiger charge is 2.26. The fraction of sp³-hybridized carbons (Fsp3) is 0.458. The number of carbonyl (C=O) groups is 1. The number of carbonyl (C=O) groups excluding carboxylic acids is 1. The molecule has 174 valence electrons. The van der Waals surface area contributed by atoms with Gasteiger partial charge < -0.3 is 19.5 Å². The second-order valence-corrected chi connectivity index (χ2v) is 9.51. The van der Waals surface area contributed by atoms with Crippen LogP contribution >= 0.6 is 0 Å². The third kappa shape index (κ3) is 6.21. The molecule has 1 heterocycles. The molecule has 1 aliphatic rings. The fourth-order valence-electron chi connectivity index (χ4n) is 4.02. The normalized spacial score (nSPS) is 18.1. The summed E-state index contributed by atoms with van der Waals surface area (Å²) in [5.41, 5.74) is 2.40. The Balaban J connectivity index is 1.63. The van der Waals surface area contributed by atoms with Crippen molar-refractivity contribution < 1.29 is 22.9 Å². The first-order chi connectivity index (χ1) is 15.4. The van der Waals surface area contributed by atoms with Crippen molar-refractivity contribution in [1.82, 2.24) is 5.32 Å². The lowest BCUT2D eigenvalue weighted by atomic mass is 10.0. The summed E-state index contributed by atoms with van der Waals surface area (Å²) >= 11 is -1.00. The van der Waals surface area contributed by atoms with Crippen molar-refractivity contribution >= 4 is 22.8 Å². The van der Waals surface area contributed by atoms with Gasteiger partial charge in [-0.2, -0.15) is 8.78 Å². The molecule has 5 nitrogen and oxygen atoms in total. The maximum Gasteiger partial charge on any atom is 0.345 e. The first kappa shape index (κ1) is 24.5. The second kappa shape index (κ2) is 11.6. The van der Waals surface area contributed by atoms with E-state index in [1.165, 1.54) is 0 Å². The van der Waals surface area contributed by atoms with Gasteiger partial charge in [-0.25, -0.2) is 0 Å². The molecule has 0 aromatic heterocycles. The summed E-state index contributed by atoms with van der Waals surface area (Å²) in [6, 6.07) is 14.5. The SMILES string of the molecule is CC[C@H](NC(=O)c1ccc(N2CCC[C@H]2COC(F)F)cc1)c1ccc([S+]([O-])CC)cc1. The van der Waals surface area contributed by atoms with Crippen molar-refractivity contribution in [3.8, 4) is 0 Å². The second-order valence-electron chi connectivity index (χ2n) is 7.77. The lowest BCUT2D eigenvalue weighted by Gasteiger charge is -2.26. The summed E-state index contributed by atoms with van der Waals surface area (Å²) in [6.45, 7) is 1.88. The van der Waals surface area contributed by atoms with Crippen LogP contribution in [0, 0.1) is 0 Å². The molecule has 0 aliphatic carbocycles.